The number of anilines is 1. The van der Waals surface area contributed by atoms with Crippen molar-refractivity contribution >= 4 is 44.2 Å². The third-order valence-electron chi connectivity index (χ3n) is 4.79. The first-order chi connectivity index (χ1) is 14.4. The molecule has 0 N–H and O–H groups in total. The molecule has 30 heavy (non-hydrogen) atoms. The molecule has 0 unspecified atom stereocenters. The predicted octanol–water partition coefficient (Wildman–Crippen LogP) is 5.18. The Kier molecular flexibility index (Phi) is 7.69. The number of benzene rings is 2. The summed E-state index contributed by atoms with van der Waals surface area (Å²) in [5.41, 5.74) is 2.88. The van der Waals surface area contributed by atoms with Crippen molar-refractivity contribution in [3.8, 4) is 5.75 Å². The average molecular weight is 446 g/mol. The van der Waals surface area contributed by atoms with Gasteiger partial charge in [0.25, 0.3) is 0 Å². The fourth-order valence-corrected chi connectivity index (χ4v) is 4.58. The van der Waals surface area contributed by atoms with Crippen molar-refractivity contribution in [3.63, 3.8) is 0 Å². The lowest BCUT2D eigenvalue weighted by Crippen LogP contribution is -2.34. The third-order valence-corrected chi connectivity index (χ3v) is 6.33. The Hall–Kier alpha value is -2.15. The van der Waals surface area contributed by atoms with Crippen molar-refractivity contribution in [2.75, 3.05) is 38.7 Å². The standard InChI is InChI=1S/C23H28ClN3O2S/c1-5-29-18-10-8-17(9-11-18)15-20(28)27(14-6-13-26(3)4)23-25-21-16(2)7-12-19(24)22(21)30-23/h7-12H,5-6,13-15H2,1-4H3. The van der Waals surface area contributed by atoms with Gasteiger partial charge in [0.2, 0.25) is 5.91 Å². The van der Waals surface area contributed by atoms with Crippen LogP contribution in [0.2, 0.25) is 5.02 Å². The highest BCUT2D eigenvalue weighted by atomic mass is 35.5. The smallest absolute Gasteiger partial charge is 0.233 e. The third kappa shape index (κ3) is 5.50. The summed E-state index contributed by atoms with van der Waals surface area (Å²) < 4.78 is 6.42. The molecule has 0 aliphatic carbocycles. The molecule has 0 aliphatic heterocycles. The van der Waals surface area contributed by atoms with Crippen LogP contribution in [0, 0.1) is 6.92 Å². The van der Waals surface area contributed by atoms with Gasteiger partial charge >= 0.3 is 0 Å². The van der Waals surface area contributed by atoms with E-state index in [1.807, 2.05) is 64.3 Å². The minimum absolute atomic E-state index is 0.0331. The van der Waals surface area contributed by atoms with Gasteiger partial charge in [-0.05, 0) is 70.2 Å². The van der Waals surface area contributed by atoms with Crippen LogP contribution in [0.1, 0.15) is 24.5 Å². The molecule has 3 rings (SSSR count). The highest BCUT2D eigenvalue weighted by molar-refractivity contribution is 7.23. The van der Waals surface area contributed by atoms with Crippen LogP contribution in [0.5, 0.6) is 5.75 Å². The molecule has 1 heterocycles. The zero-order chi connectivity index (χ0) is 21.7. The highest BCUT2D eigenvalue weighted by Crippen LogP contribution is 2.36. The normalized spacial score (nSPS) is 11.3. The molecule has 0 saturated carbocycles. The largest absolute Gasteiger partial charge is 0.494 e. The topological polar surface area (TPSA) is 45.7 Å². The van der Waals surface area contributed by atoms with Gasteiger partial charge in [-0.1, -0.05) is 41.1 Å². The van der Waals surface area contributed by atoms with Crippen LogP contribution in [0.3, 0.4) is 0 Å². The molecule has 0 bridgehead atoms. The van der Waals surface area contributed by atoms with Crippen LogP contribution in [0.25, 0.3) is 10.2 Å². The van der Waals surface area contributed by atoms with Crippen LogP contribution < -0.4 is 9.64 Å². The number of rotatable bonds is 9. The summed E-state index contributed by atoms with van der Waals surface area (Å²) in [4.78, 5) is 22.0. The van der Waals surface area contributed by atoms with Gasteiger partial charge in [-0.3, -0.25) is 9.69 Å². The maximum atomic E-state index is 13.3. The predicted molar refractivity (Wildman–Crippen MR) is 126 cm³/mol. The molecule has 1 aromatic heterocycles. The van der Waals surface area contributed by atoms with Crippen molar-refractivity contribution in [2.24, 2.45) is 0 Å². The number of halogens is 1. The van der Waals surface area contributed by atoms with E-state index in [9.17, 15) is 4.79 Å². The molecular weight excluding hydrogens is 418 g/mol. The van der Waals surface area contributed by atoms with Gasteiger partial charge in [0.1, 0.15) is 5.75 Å². The van der Waals surface area contributed by atoms with Crippen molar-refractivity contribution in [3.05, 3.63) is 52.5 Å². The van der Waals surface area contributed by atoms with Crippen LogP contribution in [0.15, 0.2) is 36.4 Å². The lowest BCUT2D eigenvalue weighted by atomic mass is 10.1. The lowest BCUT2D eigenvalue weighted by molar-refractivity contribution is -0.118. The Morgan fingerprint density at radius 1 is 1.13 bits per heavy atom. The number of hydrogen-bond donors (Lipinski definition) is 0. The number of aryl methyl sites for hydroxylation is 1. The van der Waals surface area contributed by atoms with E-state index in [1.165, 1.54) is 11.3 Å². The molecule has 160 valence electrons. The zero-order valence-electron chi connectivity index (χ0n) is 17.9. The van der Waals surface area contributed by atoms with Crippen molar-refractivity contribution in [2.45, 2.75) is 26.7 Å². The number of hydrogen-bond acceptors (Lipinski definition) is 5. The summed E-state index contributed by atoms with van der Waals surface area (Å²) >= 11 is 7.87. The van der Waals surface area contributed by atoms with Gasteiger partial charge in [0.15, 0.2) is 5.13 Å². The monoisotopic (exact) mass is 445 g/mol. The summed E-state index contributed by atoms with van der Waals surface area (Å²) in [6.45, 7) is 6.11. The molecule has 5 nitrogen and oxygen atoms in total. The minimum atomic E-state index is 0.0331. The molecule has 0 atom stereocenters. The molecule has 0 spiro atoms. The Morgan fingerprint density at radius 3 is 2.50 bits per heavy atom. The van der Waals surface area contributed by atoms with Crippen molar-refractivity contribution in [1.82, 2.24) is 9.88 Å². The van der Waals surface area contributed by atoms with E-state index in [1.54, 1.807) is 4.90 Å². The first-order valence-electron chi connectivity index (χ1n) is 10.1. The minimum Gasteiger partial charge on any atom is -0.494 e. The Balaban J connectivity index is 1.85. The number of carbonyl (C=O) groups excluding carboxylic acids is 1. The van der Waals surface area contributed by atoms with Crippen molar-refractivity contribution in [1.29, 1.82) is 0 Å². The van der Waals surface area contributed by atoms with Gasteiger partial charge in [-0.15, -0.1) is 0 Å². The summed E-state index contributed by atoms with van der Waals surface area (Å²) in [6, 6.07) is 11.6. The second-order valence-electron chi connectivity index (χ2n) is 7.49. The first kappa shape index (κ1) is 22.5. The second kappa shape index (κ2) is 10.2. The van der Waals surface area contributed by atoms with Gasteiger partial charge < -0.3 is 9.64 Å². The van der Waals surface area contributed by atoms with Crippen LogP contribution >= 0.6 is 22.9 Å². The first-order valence-corrected chi connectivity index (χ1v) is 11.3. The van der Waals surface area contributed by atoms with Crippen LogP contribution in [0.4, 0.5) is 5.13 Å². The summed E-state index contributed by atoms with van der Waals surface area (Å²) in [7, 11) is 4.07. The molecule has 0 saturated heterocycles. The second-order valence-corrected chi connectivity index (χ2v) is 8.88. The molecule has 2 aromatic carbocycles. The van der Waals surface area contributed by atoms with E-state index in [0.717, 1.165) is 40.1 Å². The van der Waals surface area contributed by atoms with Crippen LogP contribution in [-0.2, 0) is 11.2 Å². The maximum absolute atomic E-state index is 13.3. The fraction of sp³-hybridized carbons (Fsp3) is 0.391. The summed E-state index contributed by atoms with van der Waals surface area (Å²) in [5.74, 6) is 0.846. The number of amides is 1. The van der Waals surface area contributed by atoms with Gasteiger partial charge in [0.05, 0.1) is 28.3 Å². The lowest BCUT2D eigenvalue weighted by Gasteiger charge is -2.21. The van der Waals surface area contributed by atoms with E-state index >= 15 is 0 Å². The molecule has 7 heteroatoms. The fourth-order valence-electron chi connectivity index (χ4n) is 3.22. The quantitative estimate of drug-likeness (QED) is 0.455. The van der Waals surface area contributed by atoms with E-state index in [0.29, 0.717) is 29.7 Å². The number of nitrogens with zero attached hydrogens (tertiary/aromatic N) is 3. The average Bonchev–Trinajstić information content (AvgIpc) is 3.16. The van der Waals surface area contributed by atoms with Gasteiger partial charge in [0, 0.05) is 6.54 Å². The number of fused-ring (bicyclic) bond motifs is 1. The Labute approximate surface area is 187 Å². The van der Waals surface area contributed by atoms with E-state index in [-0.39, 0.29) is 5.91 Å². The number of ether oxygens (including phenoxy) is 1. The van der Waals surface area contributed by atoms with E-state index in [2.05, 4.69) is 4.90 Å². The maximum Gasteiger partial charge on any atom is 0.233 e. The molecule has 0 radical (unpaired) electrons. The van der Waals surface area contributed by atoms with E-state index in [4.69, 9.17) is 21.3 Å². The number of carbonyl (C=O) groups is 1. The number of aromatic nitrogens is 1. The Bertz CT molecular complexity index is 963. The summed E-state index contributed by atoms with van der Waals surface area (Å²) in [6.07, 6.45) is 1.18. The SMILES string of the molecule is CCOc1ccc(CC(=O)N(CCCN(C)C)c2nc3c(C)ccc(Cl)c3s2)cc1. The Morgan fingerprint density at radius 2 is 1.87 bits per heavy atom. The summed E-state index contributed by atoms with van der Waals surface area (Å²) in [5, 5.41) is 1.38. The van der Waals surface area contributed by atoms with Crippen LogP contribution in [-0.4, -0.2) is 49.6 Å². The van der Waals surface area contributed by atoms with Gasteiger partial charge in [-0.25, -0.2) is 4.98 Å². The molecular formula is C23H28ClN3O2S. The molecule has 0 fully saturated rings. The van der Waals surface area contributed by atoms with E-state index < -0.39 is 0 Å². The number of thiazole rings is 1. The zero-order valence-corrected chi connectivity index (χ0v) is 19.5. The highest BCUT2D eigenvalue weighted by Gasteiger charge is 2.21. The van der Waals surface area contributed by atoms with Gasteiger partial charge in [-0.2, -0.15) is 0 Å². The molecule has 1 amide bonds. The van der Waals surface area contributed by atoms with Crippen molar-refractivity contribution < 1.29 is 9.53 Å². The molecule has 0 aliphatic rings. The molecule has 3 aromatic rings.